The van der Waals surface area contributed by atoms with Crippen LogP contribution < -0.4 is 4.90 Å². The molecule has 1 N–H and O–H groups in total. The van der Waals surface area contributed by atoms with Gasteiger partial charge in [0.15, 0.2) is 11.6 Å². The average Bonchev–Trinajstić information content (AvgIpc) is 3.09. The number of hydrogen-bond acceptors (Lipinski definition) is 3. The van der Waals surface area contributed by atoms with E-state index < -0.39 is 23.5 Å². The Morgan fingerprint density at radius 1 is 1.10 bits per heavy atom. The van der Waals surface area contributed by atoms with Gasteiger partial charge in [0.05, 0.1) is 5.02 Å². The molecule has 4 nitrogen and oxygen atoms in total. The molecule has 3 heterocycles. The molecule has 1 aliphatic heterocycles. The second kappa shape index (κ2) is 7.27. The first-order chi connectivity index (χ1) is 14.8. The van der Waals surface area contributed by atoms with Crippen molar-refractivity contribution in [2.75, 3.05) is 11.4 Å². The minimum absolute atomic E-state index is 0.0165. The Labute approximate surface area is 181 Å². The standard InChI is InChI=1S/C23H18ClF3N4/c1-11-3-4-14(20(27)19(11)26)22-21-13(15-9-16(24)17(25)10-18(15)30-21)6-8-31(22)23-28-7-5-12(2)29-23/h3-5,7,9-10,22,30H,6,8H2,1-2H3. The molecule has 0 amide bonds. The SMILES string of the molecule is Cc1ccnc(N2CCc3c([nH]c4cc(F)c(Cl)cc34)C2c2ccc(C)c(F)c2F)n1. The summed E-state index contributed by atoms with van der Waals surface area (Å²) in [5.74, 6) is -1.94. The normalized spacial score (nSPS) is 16.1. The maximum Gasteiger partial charge on any atom is 0.226 e. The Morgan fingerprint density at radius 3 is 2.68 bits per heavy atom. The summed E-state index contributed by atoms with van der Waals surface area (Å²) in [4.78, 5) is 13.9. The zero-order chi connectivity index (χ0) is 21.9. The summed E-state index contributed by atoms with van der Waals surface area (Å²) < 4.78 is 43.8. The van der Waals surface area contributed by atoms with Gasteiger partial charge in [0.1, 0.15) is 11.9 Å². The Balaban J connectivity index is 1.78. The lowest BCUT2D eigenvalue weighted by Crippen LogP contribution is -2.38. The smallest absolute Gasteiger partial charge is 0.226 e. The van der Waals surface area contributed by atoms with Crippen LogP contribution in [0.4, 0.5) is 19.1 Å². The van der Waals surface area contributed by atoms with Crippen molar-refractivity contribution in [3.05, 3.63) is 87.1 Å². The van der Waals surface area contributed by atoms with Crippen molar-refractivity contribution in [1.82, 2.24) is 15.0 Å². The van der Waals surface area contributed by atoms with Gasteiger partial charge in [-0.25, -0.2) is 23.1 Å². The molecule has 1 unspecified atom stereocenters. The molecule has 0 bridgehead atoms. The third kappa shape index (κ3) is 3.15. The fourth-order valence-electron chi connectivity index (χ4n) is 4.27. The number of nitrogens with one attached hydrogen (secondary N) is 1. The van der Waals surface area contributed by atoms with Gasteiger partial charge in [-0.15, -0.1) is 0 Å². The third-order valence-electron chi connectivity index (χ3n) is 5.81. The van der Waals surface area contributed by atoms with Gasteiger partial charge in [0, 0.05) is 40.6 Å². The highest BCUT2D eigenvalue weighted by molar-refractivity contribution is 6.31. The molecular formula is C23H18ClF3N4. The van der Waals surface area contributed by atoms with Crippen molar-refractivity contribution in [2.45, 2.75) is 26.3 Å². The van der Waals surface area contributed by atoms with Gasteiger partial charge in [-0.1, -0.05) is 23.7 Å². The fourth-order valence-corrected chi connectivity index (χ4v) is 4.43. The second-order valence-electron chi connectivity index (χ2n) is 7.77. The van der Waals surface area contributed by atoms with Gasteiger partial charge >= 0.3 is 0 Å². The summed E-state index contributed by atoms with van der Waals surface area (Å²) in [6.07, 6.45) is 2.22. The van der Waals surface area contributed by atoms with E-state index in [-0.39, 0.29) is 16.1 Å². The predicted molar refractivity (Wildman–Crippen MR) is 114 cm³/mol. The molecule has 0 spiro atoms. The predicted octanol–water partition coefficient (Wildman–Crippen LogP) is 5.80. The number of anilines is 1. The first-order valence-corrected chi connectivity index (χ1v) is 10.2. The molecule has 2 aromatic carbocycles. The van der Waals surface area contributed by atoms with Crippen molar-refractivity contribution in [3.8, 4) is 0 Å². The van der Waals surface area contributed by atoms with E-state index in [1.165, 1.54) is 13.0 Å². The Morgan fingerprint density at radius 2 is 1.90 bits per heavy atom. The molecule has 0 radical (unpaired) electrons. The zero-order valence-electron chi connectivity index (χ0n) is 16.8. The molecular weight excluding hydrogens is 425 g/mol. The quantitative estimate of drug-likeness (QED) is 0.427. The monoisotopic (exact) mass is 442 g/mol. The molecule has 8 heteroatoms. The van der Waals surface area contributed by atoms with Gasteiger partial charge in [-0.05, 0) is 49.6 Å². The number of halogens is 4. The van der Waals surface area contributed by atoms with Gasteiger partial charge in [0.25, 0.3) is 0 Å². The highest BCUT2D eigenvalue weighted by Crippen LogP contribution is 2.42. The molecule has 1 atom stereocenters. The molecule has 5 rings (SSSR count). The molecule has 1 aliphatic rings. The molecule has 158 valence electrons. The van der Waals surface area contributed by atoms with E-state index in [4.69, 9.17) is 11.6 Å². The number of aromatic nitrogens is 3. The highest BCUT2D eigenvalue weighted by atomic mass is 35.5. The summed E-state index contributed by atoms with van der Waals surface area (Å²) in [7, 11) is 0. The second-order valence-corrected chi connectivity index (χ2v) is 8.18. The summed E-state index contributed by atoms with van der Waals surface area (Å²) in [5.41, 5.74) is 3.24. The third-order valence-corrected chi connectivity index (χ3v) is 6.10. The Hall–Kier alpha value is -3.06. The summed E-state index contributed by atoms with van der Waals surface area (Å²) in [5, 5.41) is 0.784. The van der Waals surface area contributed by atoms with Gasteiger partial charge in [-0.3, -0.25) is 0 Å². The van der Waals surface area contributed by atoms with Gasteiger partial charge in [0.2, 0.25) is 5.95 Å². The van der Waals surface area contributed by atoms with Crippen LogP contribution in [0.25, 0.3) is 10.9 Å². The van der Waals surface area contributed by atoms with E-state index in [0.717, 1.165) is 16.6 Å². The molecule has 4 aromatic rings. The molecule has 0 saturated heterocycles. The molecule has 0 fully saturated rings. The van der Waals surface area contributed by atoms with E-state index >= 15 is 4.39 Å². The number of rotatable bonds is 2. The van der Waals surface area contributed by atoms with Crippen LogP contribution >= 0.6 is 11.6 Å². The number of aryl methyl sites for hydroxylation is 2. The van der Waals surface area contributed by atoms with E-state index in [9.17, 15) is 8.78 Å². The lowest BCUT2D eigenvalue weighted by Gasteiger charge is -2.36. The number of hydrogen-bond donors (Lipinski definition) is 1. The average molecular weight is 443 g/mol. The number of aromatic amines is 1. The van der Waals surface area contributed by atoms with Crippen LogP contribution in [-0.4, -0.2) is 21.5 Å². The fraction of sp³-hybridized carbons (Fsp3) is 0.217. The first kappa shape index (κ1) is 19.9. The topological polar surface area (TPSA) is 44.8 Å². The van der Waals surface area contributed by atoms with E-state index in [1.54, 1.807) is 30.5 Å². The summed E-state index contributed by atoms with van der Waals surface area (Å²) in [6, 6.07) is 7.09. The lowest BCUT2D eigenvalue weighted by atomic mass is 9.91. The van der Waals surface area contributed by atoms with Crippen LogP contribution in [0.2, 0.25) is 5.02 Å². The van der Waals surface area contributed by atoms with Crippen molar-refractivity contribution < 1.29 is 13.2 Å². The van der Waals surface area contributed by atoms with Crippen LogP contribution in [0.1, 0.15) is 34.1 Å². The highest BCUT2D eigenvalue weighted by Gasteiger charge is 2.36. The van der Waals surface area contributed by atoms with Crippen molar-refractivity contribution in [2.24, 2.45) is 0 Å². The summed E-state index contributed by atoms with van der Waals surface area (Å²) in [6.45, 7) is 3.83. The van der Waals surface area contributed by atoms with Crippen molar-refractivity contribution in [3.63, 3.8) is 0 Å². The number of nitrogens with zero attached hydrogens (tertiary/aromatic N) is 3. The van der Waals surface area contributed by atoms with Gasteiger partial charge < -0.3 is 9.88 Å². The number of H-pyrrole nitrogens is 1. The zero-order valence-corrected chi connectivity index (χ0v) is 17.6. The molecule has 31 heavy (non-hydrogen) atoms. The Kier molecular flexibility index (Phi) is 4.66. The molecule has 0 aliphatic carbocycles. The van der Waals surface area contributed by atoms with Crippen LogP contribution in [-0.2, 0) is 6.42 Å². The maximum absolute atomic E-state index is 15.2. The first-order valence-electron chi connectivity index (χ1n) is 9.85. The van der Waals surface area contributed by atoms with E-state index in [2.05, 4.69) is 15.0 Å². The largest absolute Gasteiger partial charge is 0.356 e. The minimum Gasteiger partial charge on any atom is -0.356 e. The van der Waals surface area contributed by atoms with Crippen LogP contribution in [0.3, 0.4) is 0 Å². The number of benzene rings is 2. The van der Waals surface area contributed by atoms with E-state index in [0.29, 0.717) is 30.1 Å². The van der Waals surface area contributed by atoms with Gasteiger partial charge in [-0.2, -0.15) is 0 Å². The van der Waals surface area contributed by atoms with Crippen molar-refractivity contribution >= 4 is 28.5 Å². The molecule has 2 aromatic heterocycles. The molecule has 0 saturated carbocycles. The minimum atomic E-state index is -0.918. The van der Waals surface area contributed by atoms with Crippen LogP contribution in [0.15, 0.2) is 36.5 Å². The number of fused-ring (bicyclic) bond motifs is 3. The lowest BCUT2D eigenvalue weighted by molar-refractivity contribution is 0.481. The maximum atomic E-state index is 15.2. The Bertz CT molecular complexity index is 1330. The van der Waals surface area contributed by atoms with Crippen molar-refractivity contribution in [1.29, 1.82) is 0 Å². The van der Waals surface area contributed by atoms with E-state index in [1.807, 2.05) is 11.8 Å². The van der Waals surface area contributed by atoms with Crippen LogP contribution in [0.5, 0.6) is 0 Å². The summed E-state index contributed by atoms with van der Waals surface area (Å²) >= 11 is 6.02. The van der Waals surface area contributed by atoms with Crippen LogP contribution in [0, 0.1) is 31.3 Å².